The Kier molecular flexibility index (Phi) is 7.22. The molecule has 2 N–H and O–H groups in total. The van der Waals surface area contributed by atoms with Crippen LogP contribution in [0.25, 0.3) is 11.1 Å². The molecule has 0 bridgehead atoms. The maximum Gasteiger partial charge on any atom is 0.407 e. The fraction of sp³-hybridized carbons (Fsp3) is 0.318. The Morgan fingerprint density at radius 2 is 1.65 bits per heavy atom. The maximum atomic E-state index is 12.4. The van der Waals surface area contributed by atoms with Crippen LogP contribution in [0, 0.1) is 0 Å². The van der Waals surface area contributed by atoms with Crippen molar-refractivity contribution in [2.24, 2.45) is 0 Å². The zero-order valence-corrected chi connectivity index (χ0v) is 17.2. The fourth-order valence-corrected chi connectivity index (χ4v) is 3.56. The van der Waals surface area contributed by atoms with E-state index in [1.165, 1.54) is 14.2 Å². The SMILES string of the molecule is COC[C@H](NC(=O)OCC1c2ccccc2-c2ccccc21)C(=O)N(C)OCC(=O)O. The number of carboxylic acids is 1. The molecule has 0 unspecified atom stereocenters. The van der Waals surface area contributed by atoms with Crippen molar-refractivity contribution in [2.75, 3.05) is 34.0 Å². The number of carboxylic acid groups (broad SMARTS) is 1. The number of hydrogen-bond donors (Lipinski definition) is 2. The molecule has 2 aromatic rings. The number of carbonyl (C=O) groups excluding carboxylic acids is 2. The van der Waals surface area contributed by atoms with E-state index in [1.54, 1.807) is 0 Å². The Hall–Kier alpha value is -3.43. The minimum Gasteiger partial charge on any atom is -0.479 e. The lowest BCUT2D eigenvalue weighted by Crippen LogP contribution is -2.50. The summed E-state index contributed by atoms with van der Waals surface area (Å²) in [6, 6.07) is 14.8. The first-order valence-electron chi connectivity index (χ1n) is 9.65. The standard InChI is InChI=1S/C22H24N2O7/c1-24(31-13-20(25)26)21(27)19(12-29-2)23-22(28)30-11-18-16-9-5-3-7-14(16)15-8-4-6-10-17(15)18/h3-10,18-19H,11-13H2,1-2H3,(H,23,28)(H,25,26)/t19-/m0/s1. The van der Waals surface area contributed by atoms with Gasteiger partial charge in [-0.2, -0.15) is 0 Å². The van der Waals surface area contributed by atoms with Gasteiger partial charge in [0, 0.05) is 20.1 Å². The predicted molar refractivity (Wildman–Crippen MR) is 110 cm³/mol. The van der Waals surface area contributed by atoms with Gasteiger partial charge in [0.15, 0.2) is 6.61 Å². The molecule has 3 rings (SSSR count). The van der Waals surface area contributed by atoms with E-state index in [2.05, 4.69) is 5.32 Å². The van der Waals surface area contributed by atoms with Gasteiger partial charge in [0.1, 0.15) is 12.6 Å². The van der Waals surface area contributed by atoms with Crippen molar-refractivity contribution < 1.29 is 33.8 Å². The molecule has 1 aliphatic carbocycles. The maximum absolute atomic E-state index is 12.4. The third-order valence-corrected chi connectivity index (χ3v) is 4.96. The molecule has 9 nitrogen and oxygen atoms in total. The van der Waals surface area contributed by atoms with Crippen LogP contribution in [0.3, 0.4) is 0 Å². The third-order valence-electron chi connectivity index (χ3n) is 4.96. The number of aliphatic carboxylic acids is 1. The largest absolute Gasteiger partial charge is 0.479 e. The molecule has 0 saturated carbocycles. The summed E-state index contributed by atoms with van der Waals surface area (Å²) in [5, 5.41) is 11.9. The van der Waals surface area contributed by atoms with E-state index in [0.717, 1.165) is 27.3 Å². The van der Waals surface area contributed by atoms with Gasteiger partial charge in [-0.25, -0.2) is 14.7 Å². The number of rotatable bonds is 9. The minimum atomic E-state index is -1.23. The molecule has 164 valence electrons. The molecule has 2 aromatic carbocycles. The molecule has 0 saturated heterocycles. The number of carbonyl (C=O) groups is 3. The third kappa shape index (κ3) is 5.19. The highest BCUT2D eigenvalue weighted by Crippen LogP contribution is 2.44. The Morgan fingerprint density at radius 1 is 1.06 bits per heavy atom. The number of methoxy groups -OCH3 is 1. The van der Waals surface area contributed by atoms with Crippen LogP contribution in [0.5, 0.6) is 0 Å². The van der Waals surface area contributed by atoms with Crippen molar-refractivity contribution in [1.29, 1.82) is 0 Å². The summed E-state index contributed by atoms with van der Waals surface area (Å²) in [6.07, 6.45) is -0.788. The number of amides is 2. The highest BCUT2D eigenvalue weighted by atomic mass is 16.7. The van der Waals surface area contributed by atoms with Crippen LogP contribution in [0.15, 0.2) is 48.5 Å². The number of nitrogens with one attached hydrogen (secondary N) is 1. The normalized spacial score (nSPS) is 13.1. The van der Waals surface area contributed by atoms with Crippen LogP contribution in [0.2, 0.25) is 0 Å². The van der Waals surface area contributed by atoms with Gasteiger partial charge in [-0.1, -0.05) is 48.5 Å². The first-order valence-corrected chi connectivity index (χ1v) is 9.65. The number of fused-ring (bicyclic) bond motifs is 3. The van der Waals surface area contributed by atoms with Gasteiger partial charge in [-0.15, -0.1) is 0 Å². The van der Waals surface area contributed by atoms with E-state index in [1.807, 2.05) is 48.5 Å². The van der Waals surface area contributed by atoms with Crippen molar-refractivity contribution in [3.8, 4) is 11.1 Å². The molecule has 2 amide bonds. The van der Waals surface area contributed by atoms with Crippen LogP contribution < -0.4 is 5.32 Å². The van der Waals surface area contributed by atoms with Crippen LogP contribution in [-0.4, -0.2) is 68.2 Å². The smallest absolute Gasteiger partial charge is 0.407 e. The van der Waals surface area contributed by atoms with E-state index in [4.69, 9.17) is 19.4 Å². The molecule has 31 heavy (non-hydrogen) atoms. The quantitative estimate of drug-likeness (QED) is 0.587. The number of benzene rings is 2. The topological polar surface area (TPSA) is 114 Å². The van der Waals surface area contributed by atoms with Gasteiger partial charge in [0.2, 0.25) is 0 Å². The Labute approximate surface area is 179 Å². The zero-order chi connectivity index (χ0) is 22.4. The van der Waals surface area contributed by atoms with E-state index >= 15 is 0 Å². The number of likely N-dealkylation sites (N-methyl/N-ethyl adjacent to an activating group) is 1. The van der Waals surface area contributed by atoms with E-state index in [9.17, 15) is 14.4 Å². The summed E-state index contributed by atoms with van der Waals surface area (Å²) in [5.41, 5.74) is 4.36. The van der Waals surface area contributed by atoms with Crippen LogP contribution >= 0.6 is 0 Å². The second-order valence-corrected chi connectivity index (χ2v) is 6.98. The van der Waals surface area contributed by atoms with Crippen LogP contribution in [0.1, 0.15) is 17.0 Å². The van der Waals surface area contributed by atoms with Crippen molar-refractivity contribution in [3.05, 3.63) is 59.7 Å². The van der Waals surface area contributed by atoms with Crippen LogP contribution in [-0.2, 0) is 23.9 Å². The van der Waals surface area contributed by atoms with E-state index in [-0.39, 0.29) is 19.1 Å². The summed E-state index contributed by atoms with van der Waals surface area (Å²) < 4.78 is 10.4. The summed E-state index contributed by atoms with van der Waals surface area (Å²) >= 11 is 0. The molecule has 0 heterocycles. The second kappa shape index (κ2) is 10.1. The molecule has 0 radical (unpaired) electrons. The number of hydrogen-bond acceptors (Lipinski definition) is 6. The van der Waals surface area contributed by atoms with Gasteiger partial charge < -0.3 is 19.9 Å². The lowest BCUT2D eigenvalue weighted by Gasteiger charge is -2.23. The average molecular weight is 428 g/mol. The molecule has 1 atom stereocenters. The predicted octanol–water partition coefficient (Wildman–Crippen LogP) is 2.01. The molecule has 0 aromatic heterocycles. The monoisotopic (exact) mass is 428 g/mol. The second-order valence-electron chi connectivity index (χ2n) is 6.98. The van der Waals surface area contributed by atoms with Gasteiger partial charge in [-0.3, -0.25) is 9.63 Å². The van der Waals surface area contributed by atoms with Gasteiger partial charge in [0.25, 0.3) is 5.91 Å². The first kappa shape index (κ1) is 22.3. The summed E-state index contributed by atoms with van der Waals surface area (Å²) in [7, 11) is 2.63. The number of hydroxylamine groups is 2. The van der Waals surface area contributed by atoms with Gasteiger partial charge >= 0.3 is 12.1 Å². The number of alkyl carbamates (subject to hydrolysis) is 1. The van der Waals surface area contributed by atoms with E-state index < -0.39 is 30.6 Å². The van der Waals surface area contributed by atoms with Crippen molar-refractivity contribution in [2.45, 2.75) is 12.0 Å². The number of nitrogens with zero attached hydrogens (tertiary/aromatic N) is 1. The highest BCUT2D eigenvalue weighted by molar-refractivity contribution is 5.85. The Bertz CT molecular complexity index is 917. The molecule has 9 heteroatoms. The van der Waals surface area contributed by atoms with Crippen LogP contribution in [0.4, 0.5) is 4.79 Å². The minimum absolute atomic E-state index is 0.0963. The Morgan fingerprint density at radius 3 is 2.19 bits per heavy atom. The fourth-order valence-electron chi connectivity index (χ4n) is 3.56. The molecular weight excluding hydrogens is 404 g/mol. The first-order chi connectivity index (χ1) is 14.9. The number of ether oxygens (including phenoxy) is 2. The Balaban J connectivity index is 1.63. The molecule has 1 aliphatic rings. The summed E-state index contributed by atoms with van der Waals surface area (Å²) in [6.45, 7) is -0.726. The lowest BCUT2D eigenvalue weighted by atomic mass is 9.98. The lowest BCUT2D eigenvalue weighted by molar-refractivity contribution is -0.188. The molecular formula is C22H24N2O7. The summed E-state index contributed by atoms with van der Waals surface area (Å²) in [5.74, 6) is -2.01. The van der Waals surface area contributed by atoms with Crippen molar-refractivity contribution in [3.63, 3.8) is 0 Å². The van der Waals surface area contributed by atoms with Crippen molar-refractivity contribution in [1.82, 2.24) is 10.4 Å². The van der Waals surface area contributed by atoms with Gasteiger partial charge in [0.05, 0.1) is 6.61 Å². The molecule has 0 fully saturated rings. The van der Waals surface area contributed by atoms with E-state index in [0.29, 0.717) is 0 Å². The average Bonchev–Trinajstić information content (AvgIpc) is 3.09. The molecule has 0 aliphatic heterocycles. The van der Waals surface area contributed by atoms with Crippen molar-refractivity contribution >= 4 is 18.0 Å². The summed E-state index contributed by atoms with van der Waals surface area (Å²) in [4.78, 5) is 40.3. The van der Waals surface area contributed by atoms with Gasteiger partial charge in [-0.05, 0) is 22.3 Å². The zero-order valence-electron chi connectivity index (χ0n) is 17.2. The highest BCUT2D eigenvalue weighted by Gasteiger charge is 2.30. The molecule has 0 spiro atoms.